The van der Waals surface area contributed by atoms with E-state index in [-0.39, 0.29) is 24.2 Å². The Morgan fingerprint density at radius 2 is 2.20 bits per heavy atom. The van der Waals surface area contributed by atoms with Crippen LogP contribution in [0.3, 0.4) is 0 Å². The predicted octanol–water partition coefficient (Wildman–Crippen LogP) is 0.622. The zero-order valence-corrected chi connectivity index (χ0v) is 13.0. The van der Waals surface area contributed by atoms with Gasteiger partial charge in [0.25, 0.3) is 0 Å². The topological polar surface area (TPSA) is 67.6 Å². The molecule has 1 amide bonds. The number of ether oxygens (including phenoxy) is 1. The largest absolute Gasteiger partial charge is 0.381 e. The molecule has 2 atom stereocenters. The minimum absolute atomic E-state index is 0. The van der Waals surface area contributed by atoms with Crippen LogP contribution in [-0.4, -0.2) is 56.7 Å². The van der Waals surface area contributed by atoms with Crippen LogP contribution < -0.4 is 11.1 Å². The second-order valence-electron chi connectivity index (χ2n) is 5.76. The van der Waals surface area contributed by atoms with E-state index in [4.69, 9.17) is 10.5 Å². The fraction of sp³-hybridized carbons (Fsp3) is 0.929. The third kappa shape index (κ3) is 5.56. The van der Waals surface area contributed by atoms with Gasteiger partial charge < -0.3 is 20.7 Å². The number of likely N-dealkylation sites (tertiary alicyclic amines) is 1. The maximum Gasteiger partial charge on any atom is 0.224 e. The van der Waals surface area contributed by atoms with Gasteiger partial charge in [0.15, 0.2) is 0 Å². The van der Waals surface area contributed by atoms with Gasteiger partial charge in [-0.2, -0.15) is 0 Å². The number of carbonyl (C=O) groups excluding carboxylic acids is 1. The number of nitrogens with one attached hydrogen (secondary N) is 1. The van der Waals surface area contributed by atoms with Crippen molar-refractivity contribution in [3.8, 4) is 0 Å². The van der Waals surface area contributed by atoms with Gasteiger partial charge in [-0.15, -0.1) is 12.4 Å². The molecule has 2 aliphatic rings. The Kier molecular flexibility index (Phi) is 8.45. The first-order valence-electron chi connectivity index (χ1n) is 7.57. The first kappa shape index (κ1) is 17.7. The Bertz CT molecular complexity index is 286. The van der Waals surface area contributed by atoms with Gasteiger partial charge in [0.2, 0.25) is 5.91 Å². The molecule has 0 aromatic rings. The molecule has 0 aromatic carbocycles. The molecule has 2 fully saturated rings. The average Bonchev–Trinajstić information content (AvgIpc) is 2.46. The molecule has 6 heteroatoms. The molecule has 3 N–H and O–H groups in total. The normalized spacial score (nSPS) is 27.6. The van der Waals surface area contributed by atoms with Crippen molar-refractivity contribution in [1.29, 1.82) is 0 Å². The molecule has 0 aromatic heterocycles. The molecule has 2 rings (SSSR count). The van der Waals surface area contributed by atoms with E-state index in [1.807, 2.05) is 0 Å². The number of hydrogen-bond acceptors (Lipinski definition) is 4. The Morgan fingerprint density at radius 3 is 2.90 bits per heavy atom. The summed E-state index contributed by atoms with van der Waals surface area (Å²) in [6.07, 6.45) is 4.57. The summed E-state index contributed by atoms with van der Waals surface area (Å²) in [6.45, 7) is 6.01. The number of amides is 1. The van der Waals surface area contributed by atoms with Gasteiger partial charge in [0, 0.05) is 32.8 Å². The highest BCUT2D eigenvalue weighted by Gasteiger charge is 2.27. The van der Waals surface area contributed by atoms with Crippen LogP contribution in [0.5, 0.6) is 0 Å². The van der Waals surface area contributed by atoms with Gasteiger partial charge in [-0.05, 0) is 38.1 Å². The van der Waals surface area contributed by atoms with Crippen molar-refractivity contribution < 1.29 is 9.53 Å². The molecule has 0 saturated carbocycles. The second kappa shape index (κ2) is 9.55. The Morgan fingerprint density at radius 1 is 1.35 bits per heavy atom. The summed E-state index contributed by atoms with van der Waals surface area (Å²) in [7, 11) is 0. The van der Waals surface area contributed by atoms with Gasteiger partial charge in [-0.3, -0.25) is 4.79 Å². The van der Waals surface area contributed by atoms with Gasteiger partial charge in [-0.1, -0.05) is 0 Å². The highest BCUT2D eigenvalue weighted by Crippen LogP contribution is 2.21. The Labute approximate surface area is 128 Å². The SMILES string of the molecule is Cl.NCCNC(=O)C1CCCN(CC2CCCOC2)C1. The van der Waals surface area contributed by atoms with Gasteiger partial charge >= 0.3 is 0 Å². The highest BCUT2D eigenvalue weighted by atomic mass is 35.5. The van der Waals surface area contributed by atoms with E-state index < -0.39 is 0 Å². The van der Waals surface area contributed by atoms with E-state index in [0.717, 1.165) is 45.7 Å². The smallest absolute Gasteiger partial charge is 0.224 e. The summed E-state index contributed by atoms with van der Waals surface area (Å²) in [6, 6.07) is 0. The second-order valence-corrected chi connectivity index (χ2v) is 5.76. The summed E-state index contributed by atoms with van der Waals surface area (Å²) in [5.41, 5.74) is 5.42. The highest BCUT2D eigenvalue weighted by molar-refractivity contribution is 5.85. The zero-order valence-electron chi connectivity index (χ0n) is 12.2. The minimum Gasteiger partial charge on any atom is -0.381 e. The summed E-state index contributed by atoms with van der Waals surface area (Å²) in [5.74, 6) is 0.972. The van der Waals surface area contributed by atoms with Crippen LogP contribution in [0.15, 0.2) is 0 Å². The minimum atomic E-state index is 0. The standard InChI is InChI=1S/C14H27N3O2.ClH/c15-5-6-16-14(18)13-4-1-7-17(10-13)9-12-3-2-8-19-11-12;/h12-13H,1-11,15H2,(H,16,18);1H. The number of nitrogens with zero attached hydrogens (tertiary/aromatic N) is 1. The first-order chi connectivity index (χ1) is 9.29. The lowest BCUT2D eigenvalue weighted by Crippen LogP contribution is -2.46. The predicted molar refractivity (Wildman–Crippen MR) is 82.0 cm³/mol. The van der Waals surface area contributed by atoms with Gasteiger partial charge in [0.05, 0.1) is 12.5 Å². The third-order valence-electron chi connectivity index (χ3n) is 4.09. The molecule has 2 unspecified atom stereocenters. The number of carbonyl (C=O) groups is 1. The van der Waals surface area contributed by atoms with E-state index in [9.17, 15) is 4.79 Å². The van der Waals surface area contributed by atoms with Crippen LogP contribution >= 0.6 is 12.4 Å². The number of rotatable bonds is 5. The van der Waals surface area contributed by atoms with Crippen LogP contribution in [-0.2, 0) is 9.53 Å². The van der Waals surface area contributed by atoms with E-state index in [2.05, 4.69) is 10.2 Å². The van der Waals surface area contributed by atoms with E-state index in [0.29, 0.717) is 19.0 Å². The molecular weight excluding hydrogens is 278 g/mol. The third-order valence-corrected chi connectivity index (χ3v) is 4.09. The molecular formula is C14H28ClN3O2. The number of nitrogens with two attached hydrogens (primary N) is 1. The van der Waals surface area contributed by atoms with Crippen LogP contribution in [0, 0.1) is 11.8 Å². The van der Waals surface area contributed by atoms with E-state index in [1.54, 1.807) is 0 Å². The maximum absolute atomic E-state index is 12.0. The Hall–Kier alpha value is -0.360. The molecule has 0 bridgehead atoms. The molecule has 0 spiro atoms. The van der Waals surface area contributed by atoms with Crippen molar-refractivity contribution in [1.82, 2.24) is 10.2 Å². The quantitative estimate of drug-likeness (QED) is 0.781. The summed E-state index contributed by atoms with van der Waals surface area (Å²) < 4.78 is 5.53. The van der Waals surface area contributed by atoms with Gasteiger partial charge in [-0.25, -0.2) is 0 Å². The molecule has 5 nitrogen and oxygen atoms in total. The molecule has 2 heterocycles. The maximum atomic E-state index is 12.0. The lowest BCUT2D eigenvalue weighted by atomic mass is 9.94. The fourth-order valence-corrected chi connectivity index (χ4v) is 3.09. The van der Waals surface area contributed by atoms with Crippen LogP contribution in [0.2, 0.25) is 0 Å². The lowest BCUT2D eigenvalue weighted by Gasteiger charge is -2.35. The van der Waals surface area contributed by atoms with Crippen molar-refractivity contribution >= 4 is 18.3 Å². The summed E-state index contributed by atoms with van der Waals surface area (Å²) in [4.78, 5) is 14.4. The van der Waals surface area contributed by atoms with Crippen molar-refractivity contribution in [2.75, 3.05) is 45.9 Å². The fourth-order valence-electron chi connectivity index (χ4n) is 3.09. The number of hydrogen-bond donors (Lipinski definition) is 2. The van der Waals surface area contributed by atoms with Crippen LogP contribution in [0.1, 0.15) is 25.7 Å². The van der Waals surface area contributed by atoms with Crippen molar-refractivity contribution in [3.63, 3.8) is 0 Å². The molecule has 2 saturated heterocycles. The lowest BCUT2D eigenvalue weighted by molar-refractivity contribution is -0.126. The molecule has 0 aliphatic carbocycles. The van der Waals surface area contributed by atoms with Crippen LogP contribution in [0.25, 0.3) is 0 Å². The Balaban J connectivity index is 0.00000200. The number of piperidine rings is 1. The van der Waals surface area contributed by atoms with E-state index in [1.165, 1.54) is 12.8 Å². The van der Waals surface area contributed by atoms with Gasteiger partial charge in [0.1, 0.15) is 0 Å². The summed E-state index contributed by atoms with van der Waals surface area (Å²) in [5, 5.41) is 2.91. The van der Waals surface area contributed by atoms with E-state index >= 15 is 0 Å². The molecule has 20 heavy (non-hydrogen) atoms. The van der Waals surface area contributed by atoms with Crippen molar-refractivity contribution in [2.45, 2.75) is 25.7 Å². The zero-order chi connectivity index (χ0) is 13.5. The average molecular weight is 306 g/mol. The number of halogens is 1. The van der Waals surface area contributed by atoms with Crippen LogP contribution in [0.4, 0.5) is 0 Å². The monoisotopic (exact) mass is 305 g/mol. The summed E-state index contributed by atoms with van der Waals surface area (Å²) >= 11 is 0. The molecule has 2 aliphatic heterocycles. The molecule has 118 valence electrons. The molecule has 0 radical (unpaired) electrons. The van der Waals surface area contributed by atoms with Crippen molar-refractivity contribution in [3.05, 3.63) is 0 Å². The first-order valence-corrected chi connectivity index (χ1v) is 7.57. The van der Waals surface area contributed by atoms with Crippen molar-refractivity contribution in [2.24, 2.45) is 17.6 Å².